The number of ether oxygens (including phenoxy) is 3. The van der Waals surface area contributed by atoms with Crippen molar-refractivity contribution in [1.82, 2.24) is 30.2 Å². The van der Waals surface area contributed by atoms with Gasteiger partial charge in [-0.3, -0.25) is 9.59 Å². The molecule has 0 aliphatic carbocycles. The van der Waals surface area contributed by atoms with E-state index < -0.39 is 81.2 Å². The fraction of sp³-hybridized carbons (Fsp3) is 0.477. The third-order valence-electron chi connectivity index (χ3n) is 8.75. The number of aromatic nitrogens is 2. The van der Waals surface area contributed by atoms with Crippen LogP contribution in [0.1, 0.15) is 129 Å². The zero-order valence-electron chi connectivity index (χ0n) is 36.4. The van der Waals surface area contributed by atoms with Crippen molar-refractivity contribution in [2.24, 2.45) is 0 Å². The maximum atomic E-state index is 14.7. The molecule has 4 rings (SSSR count). The van der Waals surface area contributed by atoms with Crippen molar-refractivity contribution in [2.45, 2.75) is 136 Å². The minimum atomic E-state index is -4.71. The number of esters is 1. The molecule has 0 saturated carbocycles. The predicted molar refractivity (Wildman–Crippen MR) is 227 cm³/mol. The molecule has 1 heterocycles. The van der Waals surface area contributed by atoms with Gasteiger partial charge >= 0.3 is 12.1 Å². The van der Waals surface area contributed by atoms with Crippen LogP contribution in [0.25, 0.3) is 0 Å². The SMILES string of the molecule is CC[C@H](NC(=O)OC(C)(C)C)c1noc([C@H](CC(=O)NC(c2ccccc2)(c2ccccc2)c2ccccc2)NS(=O)(=O)N[C@H](C(=O)OC(C)(C)C)C(C)OC(C)(C)C)n1. The smallest absolute Gasteiger partial charge is 0.408 e. The van der Waals surface area contributed by atoms with E-state index in [0.29, 0.717) is 6.42 Å². The number of alkyl carbamates (subject to hydrolysis) is 1. The Morgan fingerprint density at radius 1 is 0.700 bits per heavy atom. The molecular weight excluding hydrogens is 789 g/mol. The summed E-state index contributed by atoms with van der Waals surface area (Å²) in [6.45, 7) is 18.8. The largest absolute Gasteiger partial charge is 0.459 e. The Bertz CT molecular complexity index is 2030. The first-order valence-corrected chi connectivity index (χ1v) is 21.4. The van der Waals surface area contributed by atoms with Crippen LogP contribution < -0.4 is 20.1 Å². The number of hydrogen-bond acceptors (Lipinski definition) is 11. The normalized spacial score (nSPS) is 14.7. The van der Waals surface area contributed by atoms with Gasteiger partial charge in [0.1, 0.15) is 28.8 Å². The minimum absolute atomic E-state index is 0.0157. The van der Waals surface area contributed by atoms with Crippen molar-refractivity contribution < 1.29 is 41.5 Å². The lowest BCUT2D eigenvalue weighted by Crippen LogP contribution is -2.55. The van der Waals surface area contributed by atoms with Crippen molar-refractivity contribution in [1.29, 1.82) is 0 Å². The molecule has 326 valence electrons. The first-order valence-electron chi connectivity index (χ1n) is 19.9. The van der Waals surface area contributed by atoms with Crippen LogP contribution in [0.4, 0.5) is 4.79 Å². The van der Waals surface area contributed by atoms with Gasteiger partial charge in [-0.2, -0.15) is 22.8 Å². The number of nitrogens with one attached hydrogen (secondary N) is 4. The van der Waals surface area contributed by atoms with Gasteiger partial charge in [-0.15, -0.1) is 0 Å². The van der Waals surface area contributed by atoms with Gasteiger partial charge in [0.2, 0.25) is 11.8 Å². The van der Waals surface area contributed by atoms with Crippen molar-refractivity contribution in [3.05, 3.63) is 119 Å². The Labute approximate surface area is 353 Å². The second-order valence-corrected chi connectivity index (χ2v) is 18.9. The van der Waals surface area contributed by atoms with Crippen LogP contribution in [0.15, 0.2) is 95.5 Å². The van der Waals surface area contributed by atoms with Gasteiger partial charge in [-0.25, -0.2) is 4.79 Å². The van der Waals surface area contributed by atoms with Gasteiger partial charge in [0, 0.05) is 0 Å². The standard InChI is InChI=1S/C44H60N6O9S/c1-12-33(45-40(53)58-43(9,10)11)37-46-38(59-48-37)34(49-60(54,55)50-36(29(2)56-41(3,4)5)39(52)57-42(6,7)8)28-35(51)47-44(30-22-16-13-17-23-30,31-24-18-14-19-25-31)32-26-20-15-21-27-32/h13-27,29,33-34,36,49-50H,12,28H2,1-11H3,(H,45,53)(H,47,51)/t29?,33-,34-,36-/m0/s1. The van der Waals surface area contributed by atoms with Gasteiger partial charge < -0.3 is 29.4 Å². The van der Waals surface area contributed by atoms with E-state index in [9.17, 15) is 22.8 Å². The summed E-state index contributed by atoms with van der Waals surface area (Å²) in [4.78, 5) is 45.4. The zero-order chi connectivity index (χ0) is 44.5. The molecule has 0 radical (unpaired) electrons. The van der Waals surface area contributed by atoms with E-state index in [1.54, 1.807) is 76.2 Å². The molecule has 0 fully saturated rings. The molecule has 60 heavy (non-hydrogen) atoms. The number of benzene rings is 3. The number of carbonyl (C=O) groups is 3. The number of nitrogens with zero attached hydrogens (tertiary/aromatic N) is 2. The summed E-state index contributed by atoms with van der Waals surface area (Å²) in [5, 5.41) is 10.0. The third-order valence-corrected chi connectivity index (χ3v) is 9.91. The quantitative estimate of drug-likeness (QED) is 0.0635. The second-order valence-electron chi connectivity index (χ2n) is 17.4. The molecule has 2 amide bonds. The van der Waals surface area contributed by atoms with Gasteiger partial charge in [-0.1, -0.05) is 103 Å². The lowest BCUT2D eigenvalue weighted by atomic mass is 9.77. The van der Waals surface area contributed by atoms with Gasteiger partial charge in [0.15, 0.2) is 5.82 Å². The lowest BCUT2D eigenvalue weighted by Gasteiger charge is -2.37. The molecule has 0 bridgehead atoms. The van der Waals surface area contributed by atoms with E-state index in [4.69, 9.17) is 18.7 Å². The molecule has 16 heteroatoms. The molecule has 4 atom stereocenters. The number of hydrogen-bond donors (Lipinski definition) is 4. The van der Waals surface area contributed by atoms with Crippen LogP contribution in [0, 0.1) is 0 Å². The summed E-state index contributed by atoms with van der Waals surface area (Å²) in [6, 6.07) is 24.4. The van der Waals surface area contributed by atoms with Crippen LogP contribution in [0.3, 0.4) is 0 Å². The average molecular weight is 849 g/mol. The van der Waals surface area contributed by atoms with Crippen LogP contribution >= 0.6 is 0 Å². The van der Waals surface area contributed by atoms with Crippen LogP contribution in [-0.2, 0) is 39.5 Å². The predicted octanol–water partition coefficient (Wildman–Crippen LogP) is 6.92. The summed E-state index contributed by atoms with van der Waals surface area (Å²) in [5.41, 5.74) is -1.53. The maximum absolute atomic E-state index is 14.7. The number of amides is 2. The van der Waals surface area contributed by atoms with Crippen LogP contribution in [-0.4, -0.2) is 65.5 Å². The average Bonchev–Trinajstić information content (AvgIpc) is 3.64. The molecule has 4 N–H and O–H groups in total. The molecule has 0 saturated heterocycles. The summed E-state index contributed by atoms with van der Waals surface area (Å²) in [6.07, 6.45) is -1.97. The molecule has 1 unspecified atom stereocenters. The van der Waals surface area contributed by atoms with E-state index >= 15 is 0 Å². The Balaban J connectivity index is 1.79. The summed E-state index contributed by atoms with van der Waals surface area (Å²) < 4.78 is 55.9. The highest BCUT2D eigenvalue weighted by Gasteiger charge is 2.41. The monoisotopic (exact) mass is 848 g/mol. The van der Waals surface area contributed by atoms with Crippen molar-refractivity contribution in [2.75, 3.05) is 0 Å². The molecule has 4 aromatic rings. The fourth-order valence-corrected chi connectivity index (χ4v) is 7.70. The topological polar surface area (TPSA) is 200 Å². The molecule has 1 aromatic heterocycles. The van der Waals surface area contributed by atoms with Gasteiger partial charge in [0.05, 0.1) is 24.2 Å². The van der Waals surface area contributed by atoms with E-state index in [1.165, 1.54) is 0 Å². The maximum Gasteiger partial charge on any atom is 0.408 e. The first-order chi connectivity index (χ1) is 27.9. The van der Waals surface area contributed by atoms with Crippen LogP contribution in [0.2, 0.25) is 0 Å². The highest BCUT2D eigenvalue weighted by Crippen LogP contribution is 2.37. The Hall–Kier alpha value is -5.16. The summed E-state index contributed by atoms with van der Waals surface area (Å²) >= 11 is 0. The van der Waals surface area contributed by atoms with E-state index in [0.717, 1.165) is 16.7 Å². The van der Waals surface area contributed by atoms with E-state index in [2.05, 4.69) is 30.2 Å². The Morgan fingerprint density at radius 3 is 1.62 bits per heavy atom. The highest BCUT2D eigenvalue weighted by atomic mass is 32.2. The summed E-state index contributed by atoms with van der Waals surface area (Å²) in [7, 11) is -4.71. The van der Waals surface area contributed by atoms with Crippen molar-refractivity contribution in [3.8, 4) is 0 Å². The van der Waals surface area contributed by atoms with E-state index in [-0.39, 0.29) is 11.7 Å². The van der Waals surface area contributed by atoms with Gasteiger partial charge in [-0.05, 0) is 92.3 Å². The molecule has 0 aliphatic heterocycles. The van der Waals surface area contributed by atoms with Crippen molar-refractivity contribution >= 4 is 28.2 Å². The summed E-state index contributed by atoms with van der Waals surface area (Å²) in [5.74, 6) is -1.75. The lowest BCUT2D eigenvalue weighted by molar-refractivity contribution is -0.163. The third kappa shape index (κ3) is 13.7. The molecule has 15 nitrogen and oxygen atoms in total. The second kappa shape index (κ2) is 19.5. The van der Waals surface area contributed by atoms with Gasteiger partial charge in [0.25, 0.3) is 10.2 Å². The first kappa shape index (κ1) is 47.5. The number of rotatable bonds is 17. The minimum Gasteiger partial charge on any atom is -0.459 e. The van der Waals surface area contributed by atoms with E-state index in [1.807, 2.05) is 91.0 Å². The Kier molecular flexibility index (Phi) is 15.4. The molecule has 3 aromatic carbocycles. The number of carbonyl (C=O) groups excluding carboxylic acids is 3. The molecular formula is C44H60N6O9S. The zero-order valence-corrected chi connectivity index (χ0v) is 37.2. The highest BCUT2D eigenvalue weighted by molar-refractivity contribution is 7.87. The Morgan fingerprint density at radius 2 is 1.18 bits per heavy atom. The van der Waals surface area contributed by atoms with Crippen molar-refractivity contribution in [3.63, 3.8) is 0 Å². The molecule has 0 aliphatic rings. The fourth-order valence-electron chi connectivity index (χ4n) is 6.45. The molecule has 0 spiro atoms. The van der Waals surface area contributed by atoms with Crippen LogP contribution in [0.5, 0.6) is 0 Å².